The smallest absolute Gasteiger partial charge is 0.227 e. The summed E-state index contributed by atoms with van der Waals surface area (Å²) in [6.45, 7) is 5.19. The van der Waals surface area contributed by atoms with Crippen molar-refractivity contribution >= 4 is 22.7 Å². The monoisotopic (exact) mass is 450 g/mol. The average Bonchev–Trinajstić information content (AvgIpc) is 2.83. The van der Waals surface area contributed by atoms with Crippen LogP contribution in [0.15, 0.2) is 12.1 Å². The first-order valence-electron chi connectivity index (χ1n) is 12.3. The van der Waals surface area contributed by atoms with Gasteiger partial charge < -0.3 is 24.8 Å². The van der Waals surface area contributed by atoms with Crippen molar-refractivity contribution in [1.82, 2.24) is 19.8 Å². The molecule has 2 fully saturated rings. The highest BCUT2D eigenvalue weighted by Crippen LogP contribution is 2.32. The maximum atomic E-state index is 5.72. The summed E-state index contributed by atoms with van der Waals surface area (Å²) in [4.78, 5) is 16.9. The standard InChI is InChI=1S/C26H38N6O/c1-30(2)13-9-6-10-20-18-23-22(19-24(20)33-4)25(27-21-11-16-31(3)17-12-21)29-26(28-23)32-14-7-5-8-15-32/h18-19,21H,5,7-9,11-17H2,1-4H3,(H,27,28,29). The van der Waals surface area contributed by atoms with Crippen LogP contribution in [0.3, 0.4) is 0 Å². The van der Waals surface area contributed by atoms with E-state index in [1.54, 1.807) is 7.11 Å². The van der Waals surface area contributed by atoms with Gasteiger partial charge in [0.2, 0.25) is 5.95 Å². The number of nitrogens with one attached hydrogen (secondary N) is 1. The molecule has 178 valence electrons. The fourth-order valence-electron chi connectivity index (χ4n) is 4.54. The molecule has 7 nitrogen and oxygen atoms in total. The molecule has 0 radical (unpaired) electrons. The van der Waals surface area contributed by atoms with Crippen LogP contribution in [0, 0.1) is 11.8 Å². The van der Waals surface area contributed by atoms with Gasteiger partial charge in [-0.1, -0.05) is 11.8 Å². The number of anilines is 2. The minimum absolute atomic E-state index is 0.421. The van der Waals surface area contributed by atoms with Crippen LogP contribution >= 0.6 is 0 Å². The molecule has 0 aliphatic carbocycles. The number of benzene rings is 1. The molecule has 0 amide bonds. The van der Waals surface area contributed by atoms with Gasteiger partial charge in [-0.05, 0) is 78.5 Å². The molecule has 2 aliphatic rings. The van der Waals surface area contributed by atoms with Crippen LogP contribution in [0.2, 0.25) is 0 Å². The second-order valence-electron chi connectivity index (χ2n) is 9.57. The molecule has 1 aromatic carbocycles. The van der Waals surface area contributed by atoms with Crippen molar-refractivity contribution in [3.8, 4) is 17.6 Å². The van der Waals surface area contributed by atoms with Crippen LogP contribution in [-0.4, -0.2) is 86.8 Å². The third-order valence-corrected chi connectivity index (χ3v) is 6.61. The quantitative estimate of drug-likeness (QED) is 0.677. The second-order valence-corrected chi connectivity index (χ2v) is 9.57. The largest absolute Gasteiger partial charge is 0.495 e. The predicted molar refractivity (Wildman–Crippen MR) is 136 cm³/mol. The molecule has 2 saturated heterocycles. The lowest BCUT2D eigenvalue weighted by atomic mass is 10.0. The highest BCUT2D eigenvalue weighted by Gasteiger charge is 2.21. The summed E-state index contributed by atoms with van der Waals surface area (Å²) in [6, 6.07) is 4.55. The highest BCUT2D eigenvalue weighted by molar-refractivity contribution is 5.92. The Bertz CT molecular complexity index is 997. The SMILES string of the molecule is COc1cc2c(NC3CCN(C)CC3)nc(N3CCCCC3)nc2cc1C#CCCN(C)C. The fraction of sp³-hybridized carbons (Fsp3) is 0.615. The Kier molecular flexibility index (Phi) is 7.89. The van der Waals surface area contributed by atoms with Crippen LogP contribution < -0.4 is 15.0 Å². The van der Waals surface area contributed by atoms with E-state index in [1.165, 1.54) is 19.3 Å². The van der Waals surface area contributed by atoms with Crippen molar-refractivity contribution in [2.45, 2.75) is 44.6 Å². The zero-order chi connectivity index (χ0) is 23.2. The Hall–Kier alpha value is -2.56. The molecule has 1 N–H and O–H groups in total. The average molecular weight is 451 g/mol. The first kappa shape index (κ1) is 23.6. The fourth-order valence-corrected chi connectivity index (χ4v) is 4.54. The lowest BCUT2D eigenvalue weighted by Crippen LogP contribution is -2.37. The zero-order valence-electron chi connectivity index (χ0n) is 20.7. The summed E-state index contributed by atoms with van der Waals surface area (Å²) in [7, 11) is 8.03. The number of piperidine rings is 2. The van der Waals surface area contributed by atoms with Gasteiger partial charge in [0.1, 0.15) is 11.6 Å². The Morgan fingerprint density at radius 2 is 1.85 bits per heavy atom. The summed E-state index contributed by atoms with van der Waals surface area (Å²) in [5.41, 5.74) is 1.82. The van der Waals surface area contributed by atoms with Crippen LogP contribution in [0.25, 0.3) is 10.9 Å². The Morgan fingerprint density at radius 3 is 2.55 bits per heavy atom. The van der Waals surface area contributed by atoms with Crippen LogP contribution in [0.1, 0.15) is 44.1 Å². The number of nitrogens with zero attached hydrogens (tertiary/aromatic N) is 5. The third-order valence-electron chi connectivity index (χ3n) is 6.61. The number of hydrogen-bond donors (Lipinski definition) is 1. The number of fused-ring (bicyclic) bond motifs is 1. The van der Waals surface area contributed by atoms with E-state index < -0.39 is 0 Å². The topological polar surface area (TPSA) is 56.8 Å². The number of aromatic nitrogens is 2. The maximum Gasteiger partial charge on any atom is 0.227 e. The minimum atomic E-state index is 0.421. The van der Waals surface area contributed by atoms with E-state index in [0.29, 0.717) is 6.04 Å². The predicted octanol–water partition coefficient (Wildman–Crippen LogP) is 3.44. The van der Waals surface area contributed by atoms with E-state index in [2.05, 4.69) is 65.1 Å². The van der Waals surface area contributed by atoms with Gasteiger partial charge in [-0.3, -0.25) is 0 Å². The Balaban J connectivity index is 1.71. The number of methoxy groups -OCH3 is 1. The van der Waals surface area contributed by atoms with Crippen LogP contribution in [0.4, 0.5) is 11.8 Å². The molecule has 0 bridgehead atoms. The molecule has 0 saturated carbocycles. The maximum absolute atomic E-state index is 5.72. The van der Waals surface area contributed by atoms with E-state index in [1.807, 2.05) is 0 Å². The summed E-state index contributed by atoms with van der Waals surface area (Å²) in [5, 5.41) is 4.76. The molecular formula is C26H38N6O. The third kappa shape index (κ3) is 6.07. The van der Waals surface area contributed by atoms with Crippen LogP contribution in [0.5, 0.6) is 5.75 Å². The minimum Gasteiger partial charge on any atom is -0.495 e. The second kappa shape index (κ2) is 11.0. The van der Waals surface area contributed by atoms with Crippen molar-refractivity contribution in [3.63, 3.8) is 0 Å². The van der Waals surface area contributed by atoms with Gasteiger partial charge in [-0.25, -0.2) is 4.98 Å². The van der Waals surface area contributed by atoms with Crippen molar-refractivity contribution in [3.05, 3.63) is 17.7 Å². The van der Waals surface area contributed by atoms with Gasteiger partial charge >= 0.3 is 0 Å². The molecule has 0 unspecified atom stereocenters. The Labute approximate surface area is 198 Å². The van der Waals surface area contributed by atoms with E-state index in [4.69, 9.17) is 14.7 Å². The van der Waals surface area contributed by atoms with Gasteiger partial charge in [0.05, 0.1) is 18.2 Å². The highest BCUT2D eigenvalue weighted by atomic mass is 16.5. The summed E-state index contributed by atoms with van der Waals surface area (Å²) in [6.07, 6.45) is 6.74. The molecular weight excluding hydrogens is 412 g/mol. The van der Waals surface area contributed by atoms with Gasteiger partial charge in [0, 0.05) is 37.5 Å². The van der Waals surface area contributed by atoms with E-state index in [9.17, 15) is 0 Å². The van der Waals surface area contributed by atoms with Gasteiger partial charge in [-0.15, -0.1) is 0 Å². The number of rotatable bonds is 6. The molecule has 0 atom stereocenters. The van der Waals surface area contributed by atoms with Crippen molar-refractivity contribution in [2.75, 3.05) is 71.2 Å². The van der Waals surface area contributed by atoms with E-state index in [-0.39, 0.29) is 0 Å². The van der Waals surface area contributed by atoms with Crippen molar-refractivity contribution in [2.24, 2.45) is 0 Å². The molecule has 4 rings (SSSR count). The van der Waals surface area contributed by atoms with Gasteiger partial charge in [-0.2, -0.15) is 4.98 Å². The first-order chi connectivity index (χ1) is 16.0. The number of likely N-dealkylation sites (tertiary alicyclic amines) is 1. The number of ether oxygens (including phenoxy) is 1. The molecule has 2 aromatic rings. The van der Waals surface area contributed by atoms with E-state index in [0.717, 1.165) is 86.0 Å². The molecule has 2 aliphatic heterocycles. The summed E-state index contributed by atoms with van der Waals surface area (Å²) in [5.74, 6) is 9.13. The van der Waals surface area contributed by atoms with Crippen LogP contribution in [-0.2, 0) is 0 Å². The molecule has 7 heteroatoms. The van der Waals surface area contributed by atoms with Gasteiger partial charge in [0.25, 0.3) is 0 Å². The normalized spacial score (nSPS) is 17.8. The lowest BCUT2D eigenvalue weighted by molar-refractivity contribution is 0.264. The molecule has 1 aromatic heterocycles. The summed E-state index contributed by atoms with van der Waals surface area (Å²) >= 11 is 0. The molecule has 3 heterocycles. The van der Waals surface area contributed by atoms with Gasteiger partial charge in [0.15, 0.2) is 0 Å². The molecule has 33 heavy (non-hydrogen) atoms. The van der Waals surface area contributed by atoms with Crippen molar-refractivity contribution < 1.29 is 4.74 Å². The summed E-state index contributed by atoms with van der Waals surface area (Å²) < 4.78 is 5.72. The molecule has 0 spiro atoms. The Morgan fingerprint density at radius 1 is 1.09 bits per heavy atom. The zero-order valence-corrected chi connectivity index (χ0v) is 20.7. The van der Waals surface area contributed by atoms with Crippen molar-refractivity contribution in [1.29, 1.82) is 0 Å². The first-order valence-corrected chi connectivity index (χ1v) is 12.3. The lowest BCUT2D eigenvalue weighted by Gasteiger charge is -2.31. The van der Waals surface area contributed by atoms with E-state index >= 15 is 0 Å². The number of hydrogen-bond acceptors (Lipinski definition) is 7.